The van der Waals surface area contributed by atoms with Gasteiger partial charge in [0.05, 0.1) is 12.0 Å². The number of hydrogen-bond acceptors (Lipinski definition) is 5. The Balaban J connectivity index is 1.58. The van der Waals surface area contributed by atoms with E-state index in [4.69, 9.17) is 0 Å². The number of carbonyl (C=O) groups excluding carboxylic acids is 1. The van der Waals surface area contributed by atoms with E-state index in [1.807, 2.05) is 0 Å². The third-order valence-corrected chi connectivity index (χ3v) is 4.51. The summed E-state index contributed by atoms with van der Waals surface area (Å²) in [5, 5.41) is 6.57. The van der Waals surface area contributed by atoms with Gasteiger partial charge in [-0.3, -0.25) is 19.0 Å². The molecule has 0 radical (unpaired) electrons. The second kappa shape index (κ2) is 7.42. The fourth-order valence-corrected chi connectivity index (χ4v) is 3.06. The number of nitrogens with zero attached hydrogens (tertiary/aromatic N) is 4. The minimum Gasteiger partial charge on any atom is -0.349 e. The van der Waals surface area contributed by atoms with E-state index in [0.717, 1.165) is 23.2 Å². The Hall–Kier alpha value is -2.77. The second-order valence-electron chi connectivity index (χ2n) is 6.26. The van der Waals surface area contributed by atoms with Crippen LogP contribution in [0.2, 0.25) is 0 Å². The fraction of sp³-hybridized carbons (Fsp3) is 0.471. The lowest BCUT2D eigenvalue weighted by molar-refractivity contribution is 0.0945. The van der Waals surface area contributed by atoms with Crippen molar-refractivity contribution >= 4 is 5.91 Å². The molecule has 0 unspecified atom stereocenters. The first-order valence-corrected chi connectivity index (χ1v) is 8.43. The highest BCUT2D eigenvalue weighted by Gasteiger charge is 2.19. The van der Waals surface area contributed by atoms with Crippen LogP contribution in [-0.2, 0) is 13.6 Å². The summed E-state index contributed by atoms with van der Waals surface area (Å²) >= 11 is 0. The van der Waals surface area contributed by atoms with E-state index in [1.165, 1.54) is 36.6 Å². The number of aromatic nitrogens is 4. The summed E-state index contributed by atoms with van der Waals surface area (Å²) in [7, 11) is 1.48. The second-order valence-corrected chi connectivity index (χ2v) is 6.26. The minimum atomic E-state index is -0.390. The molecule has 132 valence electrons. The van der Waals surface area contributed by atoms with Gasteiger partial charge in [0.1, 0.15) is 5.69 Å². The molecule has 8 nitrogen and oxygen atoms in total. The molecule has 0 saturated heterocycles. The van der Waals surface area contributed by atoms with Gasteiger partial charge in [-0.25, -0.2) is 9.67 Å². The topological polar surface area (TPSA) is 98.9 Å². The normalized spacial score (nSPS) is 14.6. The molecule has 1 fully saturated rings. The van der Waals surface area contributed by atoms with Crippen LogP contribution >= 0.6 is 0 Å². The molecule has 1 aliphatic carbocycles. The molecular formula is C17H21N5O3. The Labute approximate surface area is 144 Å². The van der Waals surface area contributed by atoms with E-state index in [2.05, 4.69) is 15.4 Å². The molecule has 2 aromatic rings. The van der Waals surface area contributed by atoms with Gasteiger partial charge in [-0.2, -0.15) is 5.10 Å². The molecule has 2 aromatic heterocycles. The molecule has 1 saturated carbocycles. The number of rotatable bonds is 5. The minimum absolute atomic E-state index is 0.105. The highest BCUT2D eigenvalue weighted by molar-refractivity contribution is 5.91. The third-order valence-electron chi connectivity index (χ3n) is 4.51. The van der Waals surface area contributed by atoms with Crippen molar-refractivity contribution in [2.45, 2.75) is 38.1 Å². The van der Waals surface area contributed by atoms with Gasteiger partial charge in [-0.1, -0.05) is 12.8 Å². The first-order chi connectivity index (χ1) is 12.0. The van der Waals surface area contributed by atoms with Crippen molar-refractivity contribution in [1.29, 1.82) is 0 Å². The molecule has 0 aliphatic heterocycles. The Bertz CT molecular complexity index is 880. The molecule has 1 aliphatic rings. The molecule has 1 amide bonds. The fourth-order valence-electron chi connectivity index (χ4n) is 3.06. The van der Waals surface area contributed by atoms with Crippen LogP contribution in [0.25, 0.3) is 0 Å². The van der Waals surface area contributed by atoms with Crippen molar-refractivity contribution in [2.24, 2.45) is 7.05 Å². The Morgan fingerprint density at radius 2 is 2.00 bits per heavy atom. The zero-order chi connectivity index (χ0) is 17.8. The van der Waals surface area contributed by atoms with Crippen molar-refractivity contribution < 1.29 is 4.79 Å². The summed E-state index contributed by atoms with van der Waals surface area (Å²) in [5.74, 6) is 0.0111. The standard InChI is InChI=1S/C17H21N5O3/c1-21-15(23)7-6-13(20-21)17(25)18-8-9-22-11-19-14(10-16(22)24)12-4-2-3-5-12/h6-7,10-12H,2-5,8-9H2,1H3,(H,18,25). The summed E-state index contributed by atoms with van der Waals surface area (Å²) in [6.45, 7) is 0.599. The highest BCUT2D eigenvalue weighted by atomic mass is 16.2. The van der Waals surface area contributed by atoms with Gasteiger partial charge in [0, 0.05) is 38.2 Å². The summed E-state index contributed by atoms with van der Waals surface area (Å²) in [5.41, 5.74) is 0.643. The van der Waals surface area contributed by atoms with E-state index in [0.29, 0.717) is 12.5 Å². The van der Waals surface area contributed by atoms with Crippen molar-refractivity contribution in [1.82, 2.24) is 24.6 Å². The smallest absolute Gasteiger partial charge is 0.271 e. The van der Waals surface area contributed by atoms with Gasteiger partial charge in [0.25, 0.3) is 17.0 Å². The average Bonchev–Trinajstić information content (AvgIpc) is 3.13. The third kappa shape index (κ3) is 4.01. The van der Waals surface area contributed by atoms with Gasteiger partial charge in [0.2, 0.25) is 0 Å². The SMILES string of the molecule is Cn1nc(C(=O)NCCn2cnc(C3CCCC3)cc2=O)ccc1=O. The van der Waals surface area contributed by atoms with Crippen LogP contribution < -0.4 is 16.4 Å². The molecule has 25 heavy (non-hydrogen) atoms. The van der Waals surface area contributed by atoms with Crippen LogP contribution in [0.3, 0.4) is 0 Å². The lowest BCUT2D eigenvalue weighted by atomic mass is 10.0. The summed E-state index contributed by atoms with van der Waals surface area (Å²) in [6, 6.07) is 4.27. The van der Waals surface area contributed by atoms with Crippen LogP contribution in [0, 0.1) is 0 Å². The molecular weight excluding hydrogens is 322 g/mol. The molecule has 3 rings (SSSR count). The van der Waals surface area contributed by atoms with E-state index >= 15 is 0 Å². The summed E-state index contributed by atoms with van der Waals surface area (Å²) < 4.78 is 2.58. The van der Waals surface area contributed by atoms with Crippen LogP contribution in [0.1, 0.15) is 47.8 Å². The number of nitrogens with one attached hydrogen (secondary N) is 1. The van der Waals surface area contributed by atoms with E-state index < -0.39 is 0 Å². The van der Waals surface area contributed by atoms with E-state index in [9.17, 15) is 14.4 Å². The first-order valence-electron chi connectivity index (χ1n) is 8.43. The number of hydrogen-bond donors (Lipinski definition) is 1. The van der Waals surface area contributed by atoms with Crippen molar-refractivity contribution in [3.63, 3.8) is 0 Å². The molecule has 0 aromatic carbocycles. The molecule has 2 heterocycles. The van der Waals surface area contributed by atoms with Crippen LogP contribution in [0.4, 0.5) is 0 Å². The van der Waals surface area contributed by atoms with Crippen LogP contribution in [0.15, 0.2) is 34.1 Å². The van der Waals surface area contributed by atoms with Crippen LogP contribution in [0.5, 0.6) is 0 Å². The van der Waals surface area contributed by atoms with Gasteiger partial charge < -0.3 is 5.32 Å². The van der Waals surface area contributed by atoms with Crippen molar-refractivity contribution in [2.75, 3.05) is 6.54 Å². The van der Waals surface area contributed by atoms with Crippen LogP contribution in [-0.4, -0.2) is 31.8 Å². The largest absolute Gasteiger partial charge is 0.349 e. The predicted octanol–water partition coefficient (Wildman–Crippen LogP) is 0.425. The van der Waals surface area contributed by atoms with E-state index in [1.54, 1.807) is 12.4 Å². The first kappa shape index (κ1) is 17.1. The zero-order valence-corrected chi connectivity index (χ0v) is 14.1. The summed E-state index contributed by atoms with van der Waals surface area (Å²) in [4.78, 5) is 39.9. The average molecular weight is 343 g/mol. The quantitative estimate of drug-likeness (QED) is 0.848. The van der Waals surface area contributed by atoms with E-state index in [-0.39, 0.29) is 29.3 Å². The Kier molecular flexibility index (Phi) is 5.06. The summed E-state index contributed by atoms with van der Waals surface area (Å²) in [6.07, 6.45) is 6.13. The number of aryl methyl sites for hydroxylation is 1. The maximum absolute atomic E-state index is 12.2. The molecule has 0 atom stereocenters. The maximum Gasteiger partial charge on any atom is 0.271 e. The lowest BCUT2D eigenvalue weighted by Gasteiger charge is -2.11. The Morgan fingerprint density at radius 1 is 1.24 bits per heavy atom. The van der Waals surface area contributed by atoms with Gasteiger partial charge >= 0.3 is 0 Å². The van der Waals surface area contributed by atoms with Gasteiger partial charge in [-0.05, 0) is 18.9 Å². The molecule has 1 N–H and O–H groups in total. The monoisotopic (exact) mass is 343 g/mol. The van der Waals surface area contributed by atoms with Crippen molar-refractivity contribution in [3.8, 4) is 0 Å². The zero-order valence-electron chi connectivity index (χ0n) is 14.1. The predicted molar refractivity (Wildman–Crippen MR) is 91.5 cm³/mol. The molecule has 8 heteroatoms. The van der Waals surface area contributed by atoms with Gasteiger partial charge in [-0.15, -0.1) is 0 Å². The van der Waals surface area contributed by atoms with Crippen molar-refractivity contribution in [3.05, 3.63) is 56.6 Å². The number of carbonyl (C=O) groups is 1. The van der Waals surface area contributed by atoms with Gasteiger partial charge in [0.15, 0.2) is 0 Å². The lowest BCUT2D eigenvalue weighted by Crippen LogP contribution is -2.32. The Morgan fingerprint density at radius 3 is 2.68 bits per heavy atom. The maximum atomic E-state index is 12.2. The molecule has 0 bridgehead atoms. The molecule has 0 spiro atoms. The number of amides is 1. The highest BCUT2D eigenvalue weighted by Crippen LogP contribution is 2.32.